The number of hydrogen-bond acceptors (Lipinski definition) is 5. The van der Waals surface area contributed by atoms with Crippen molar-refractivity contribution in [2.75, 3.05) is 0 Å². The molecule has 0 spiro atoms. The van der Waals surface area contributed by atoms with Crippen molar-refractivity contribution < 1.29 is 4.79 Å². The molecule has 1 radical (unpaired) electrons. The first-order chi connectivity index (χ1) is 12.6. The van der Waals surface area contributed by atoms with Gasteiger partial charge in [0.05, 0.1) is 0 Å². The molecule has 7 nitrogen and oxygen atoms in total. The van der Waals surface area contributed by atoms with E-state index in [0.717, 1.165) is 20.9 Å². The average Bonchev–Trinajstić information content (AvgIpc) is 3.24. The maximum absolute atomic E-state index is 11.4. The zero-order valence-electron chi connectivity index (χ0n) is 14.0. The van der Waals surface area contributed by atoms with Crippen LogP contribution in [-0.2, 0) is 6.54 Å². The van der Waals surface area contributed by atoms with E-state index in [4.69, 9.17) is 5.73 Å². The molecule has 1 aromatic carbocycles. The molecule has 0 atom stereocenters. The second kappa shape index (κ2) is 7.05. The first-order valence-electron chi connectivity index (χ1n) is 7.91. The van der Waals surface area contributed by atoms with Gasteiger partial charge in [-0.15, -0.1) is 0 Å². The molecule has 131 valence electrons. The predicted octanol–water partition coefficient (Wildman–Crippen LogP) is 1.32. The van der Waals surface area contributed by atoms with Gasteiger partial charge in [0.1, 0.15) is 0 Å². The number of hydrogen-bond donors (Lipinski definition) is 2. The van der Waals surface area contributed by atoms with E-state index in [1.165, 1.54) is 4.48 Å². The summed E-state index contributed by atoms with van der Waals surface area (Å²) in [4.78, 5) is 16.8. The van der Waals surface area contributed by atoms with Crippen LogP contribution in [0.5, 0.6) is 0 Å². The van der Waals surface area contributed by atoms with E-state index in [1.807, 2.05) is 37.5 Å². The Morgan fingerprint density at radius 1 is 1.38 bits per heavy atom. The Labute approximate surface area is 161 Å². The molecule has 2 aromatic heterocycles. The van der Waals surface area contributed by atoms with Crippen LogP contribution >= 0.6 is 11.9 Å². The van der Waals surface area contributed by atoms with E-state index in [-0.39, 0.29) is 15.8 Å². The van der Waals surface area contributed by atoms with E-state index >= 15 is 0 Å². The van der Waals surface area contributed by atoms with Gasteiger partial charge in [0, 0.05) is 0 Å². The molecule has 1 aliphatic rings. The number of fused-ring (bicyclic) bond motifs is 1. The number of nitrogens with zero attached hydrogens (tertiary/aromatic N) is 4. The first-order valence-corrected chi connectivity index (χ1v) is 10.6. The van der Waals surface area contributed by atoms with Gasteiger partial charge in [0.15, 0.2) is 0 Å². The van der Waals surface area contributed by atoms with Gasteiger partial charge in [-0.2, -0.15) is 0 Å². The van der Waals surface area contributed by atoms with Crippen LogP contribution in [0, 0.1) is 6.92 Å². The molecule has 1 amide bonds. The Hall–Kier alpha value is -2.44. The Bertz CT molecular complexity index is 995. The molecule has 0 bridgehead atoms. The van der Waals surface area contributed by atoms with Crippen molar-refractivity contribution in [3.63, 3.8) is 0 Å². The van der Waals surface area contributed by atoms with Crippen LogP contribution in [-0.4, -0.2) is 45.7 Å². The van der Waals surface area contributed by atoms with E-state index in [1.54, 1.807) is 18.0 Å². The number of carbonyl (C=O) groups is 1. The monoisotopic (exact) mass is 427 g/mol. The zero-order valence-corrected chi connectivity index (χ0v) is 16.6. The Balaban J connectivity index is 1.59. The number of nitrogens with two attached hydrogens (primary N) is 1. The Morgan fingerprint density at radius 2 is 2.27 bits per heavy atom. The molecule has 26 heavy (non-hydrogen) atoms. The summed E-state index contributed by atoms with van der Waals surface area (Å²) in [7, 11) is 0. The van der Waals surface area contributed by atoms with Crippen molar-refractivity contribution in [2.45, 2.75) is 18.4 Å². The second-order valence-electron chi connectivity index (χ2n) is 5.78. The standard InChI is InChI=1S/C17H16AsN6OS/c1-11-7-14(22-21-11)18-15-9-23(10-16-20-5-6-24(15)16)26-13-4-2-3-12(8-13)17(19)25/h2-9H,10H2,1H3,(H2,19,25)(H,21,22). The molecule has 3 heterocycles. The number of amides is 1. The number of imidazole rings is 1. The molecule has 0 saturated carbocycles. The molecule has 9 heteroatoms. The zero-order chi connectivity index (χ0) is 18.1. The third kappa shape index (κ3) is 3.56. The average molecular weight is 427 g/mol. The van der Waals surface area contributed by atoms with Gasteiger partial charge in [0.25, 0.3) is 0 Å². The number of aromatic amines is 1. The van der Waals surface area contributed by atoms with Crippen molar-refractivity contribution in [1.29, 1.82) is 0 Å². The fraction of sp³-hybridized carbons (Fsp3) is 0.118. The summed E-state index contributed by atoms with van der Waals surface area (Å²) >= 11 is 1.29. The Morgan fingerprint density at radius 3 is 3.04 bits per heavy atom. The normalized spacial score (nSPS) is 13.9. The maximum atomic E-state index is 11.4. The Kier molecular flexibility index (Phi) is 4.61. The molecule has 0 fully saturated rings. The van der Waals surface area contributed by atoms with Crippen LogP contribution < -0.4 is 10.2 Å². The van der Waals surface area contributed by atoms with Crippen molar-refractivity contribution >= 4 is 42.6 Å². The van der Waals surface area contributed by atoms with Gasteiger partial charge in [-0.3, -0.25) is 0 Å². The molecule has 0 unspecified atom stereocenters. The van der Waals surface area contributed by atoms with Gasteiger partial charge in [0.2, 0.25) is 0 Å². The summed E-state index contributed by atoms with van der Waals surface area (Å²) in [6.07, 6.45) is 5.95. The van der Waals surface area contributed by atoms with Crippen LogP contribution in [0.1, 0.15) is 21.9 Å². The summed E-state index contributed by atoms with van der Waals surface area (Å²) in [6, 6.07) is 9.43. The predicted molar refractivity (Wildman–Crippen MR) is 102 cm³/mol. The van der Waals surface area contributed by atoms with E-state index in [2.05, 4.69) is 36.3 Å². The van der Waals surface area contributed by atoms with Crippen LogP contribution in [0.2, 0.25) is 0 Å². The fourth-order valence-electron chi connectivity index (χ4n) is 2.60. The van der Waals surface area contributed by atoms with Gasteiger partial charge in [-0.25, -0.2) is 0 Å². The summed E-state index contributed by atoms with van der Waals surface area (Å²) < 4.78 is 6.53. The van der Waals surface area contributed by atoms with Crippen molar-refractivity contribution in [3.8, 4) is 0 Å². The van der Waals surface area contributed by atoms with Crippen molar-refractivity contribution in [2.24, 2.45) is 5.73 Å². The van der Waals surface area contributed by atoms with E-state index < -0.39 is 5.91 Å². The molecular weight excluding hydrogens is 411 g/mol. The van der Waals surface area contributed by atoms with Crippen LogP contribution in [0.15, 0.2) is 53.8 Å². The summed E-state index contributed by atoms with van der Waals surface area (Å²) in [5, 5.41) is 7.38. The molecule has 1 aliphatic heterocycles. The van der Waals surface area contributed by atoms with Crippen LogP contribution in [0.3, 0.4) is 0 Å². The van der Waals surface area contributed by atoms with E-state index in [9.17, 15) is 4.79 Å². The van der Waals surface area contributed by atoms with Gasteiger partial charge in [-0.05, 0) is 0 Å². The van der Waals surface area contributed by atoms with Crippen LogP contribution in [0.25, 0.3) is 4.48 Å². The molecule has 4 rings (SSSR count). The minimum atomic E-state index is -0.420. The molecule has 0 aliphatic carbocycles. The van der Waals surface area contributed by atoms with Gasteiger partial charge >= 0.3 is 162 Å². The second-order valence-corrected chi connectivity index (χ2v) is 9.30. The summed E-state index contributed by atoms with van der Waals surface area (Å²) in [6.45, 7) is 2.69. The number of nitrogens with one attached hydrogen (secondary N) is 1. The molecule has 3 aromatic rings. The molecular formula is C17H16AsN6OS. The van der Waals surface area contributed by atoms with Crippen molar-refractivity contribution in [1.82, 2.24) is 24.1 Å². The number of carbonyl (C=O) groups excluding carboxylic acids is 1. The first kappa shape index (κ1) is 17.0. The van der Waals surface area contributed by atoms with E-state index in [0.29, 0.717) is 12.1 Å². The topological polar surface area (TPSA) is 92.8 Å². The fourth-order valence-corrected chi connectivity index (χ4v) is 5.96. The van der Waals surface area contributed by atoms with Crippen LogP contribution in [0.4, 0.5) is 0 Å². The number of rotatable bonds is 5. The third-order valence-electron chi connectivity index (χ3n) is 3.78. The number of H-pyrrole nitrogens is 1. The number of aromatic nitrogens is 4. The summed E-state index contributed by atoms with van der Waals surface area (Å²) in [5.41, 5.74) is 6.95. The van der Waals surface area contributed by atoms with Gasteiger partial charge in [-0.1, -0.05) is 0 Å². The van der Waals surface area contributed by atoms with Gasteiger partial charge < -0.3 is 0 Å². The van der Waals surface area contributed by atoms with Crippen molar-refractivity contribution in [3.05, 3.63) is 66.0 Å². The molecule has 0 saturated heterocycles. The molecule has 3 N–H and O–H groups in total. The number of aryl methyl sites for hydroxylation is 1. The SMILES string of the molecule is Cc1cc([As]C2=CN(Sc3cccc(C(N)=O)c3)Cc3nccn32)n[nH]1. The third-order valence-corrected chi connectivity index (χ3v) is 6.85. The number of primary amides is 1. The minimum absolute atomic E-state index is 0.275. The summed E-state index contributed by atoms with van der Waals surface area (Å²) in [5.74, 6) is 0.570. The number of benzene rings is 1. The quantitative estimate of drug-likeness (QED) is 0.473.